The number of allylic oxidation sites excluding steroid dienone is 2. The molecule has 3 rings (SSSR count). The van der Waals surface area contributed by atoms with E-state index >= 15 is 0 Å². The van der Waals surface area contributed by atoms with Crippen LogP contribution in [0.25, 0.3) is 0 Å². The van der Waals surface area contributed by atoms with E-state index in [4.69, 9.17) is 4.74 Å². The first-order chi connectivity index (χ1) is 10.3. The topological polar surface area (TPSA) is 29.5 Å². The lowest BCUT2D eigenvalue weighted by Gasteiger charge is -2.34. The Morgan fingerprint density at radius 3 is 2.67 bits per heavy atom. The Morgan fingerprint density at radius 1 is 1.00 bits per heavy atom. The van der Waals surface area contributed by atoms with Crippen LogP contribution in [0.1, 0.15) is 44.1 Å². The van der Waals surface area contributed by atoms with Crippen LogP contribution in [0.2, 0.25) is 0 Å². The summed E-state index contributed by atoms with van der Waals surface area (Å²) in [5.74, 6) is 0.277. The molecule has 1 aromatic rings. The van der Waals surface area contributed by atoms with E-state index in [0.717, 1.165) is 12.8 Å². The maximum Gasteiger partial charge on any atom is 0.227 e. The lowest BCUT2D eigenvalue weighted by atomic mass is 9.89. The fourth-order valence-corrected chi connectivity index (χ4v) is 3.27. The smallest absolute Gasteiger partial charge is 0.227 e. The van der Waals surface area contributed by atoms with Gasteiger partial charge in [0.2, 0.25) is 5.91 Å². The van der Waals surface area contributed by atoms with E-state index in [-0.39, 0.29) is 5.91 Å². The van der Waals surface area contributed by atoms with Crippen molar-refractivity contribution < 1.29 is 9.53 Å². The molecule has 3 heteroatoms. The average molecular weight is 285 g/mol. The van der Waals surface area contributed by atoms with Crippen molar-refractivity contribution in [3.8, 4) is 0 Å². The molecule has 2 aliphatic rings. The highest BCUT2D eigenvalue weighted by molar-refractivity contribution is 5.80. The maximum atomic E-state index is 12.1. The van der Waals surface area contributed by atoms with Crippen LogP contribution in [0.3, 0.4) is 0 Å². The van der Waals surface area contributed by atoms with Gasteiger partial charge in [0.15, 0.2) is 0 Å². The maximum absolute atomic E-state index is 12.1. The summed E-state index contributed by atoms with van der Waals surface area (Å²) < 4.78 is 5.73. The molecule has 3 nitrogen and oxygen atoms in total. The molecule has 0 bridgehead atoms. The number of amides is 1. The van der Waals surface area contributed by atoms with E-state index in [0.29, 0.717) is 26.2 Å². The van der Waals surface area contributed by atoms with Crippen molar-refractivity contribution in [2.24, 2.45) is 0 Å². The molecule has 1 aromatic carbocycles. The quantitative estimate of drug-likeness (QED) is 0.773. The highest BCUT2D eigenvalue weighted by Gasteiger charge is 2.27. The number of carbonyl (C=O) groups is 1. The monoisotopic (exact) mass is 285 g/mol. The Kier molecular flexibility index (Phi) is 4.71. The largest absolute Gasteiger partial charge is 0.375 e. The summed E-state index contributed by atoms with van der Waals surface area (Å²) in [6.07, 6.45) is 6.41. The molecule has 1 aliphatic heterocycles. The number of hydrogen-bond donors (Lipinski definition) is 0. The van der Waals surface area contributed by atoms with Gasteiger partial charge >= 0.3 is 0 Å². The van der Waals surface area contributed by atoms with Gasteiger partial charge in [-0.2, -0.15) is 0 Å². The predicted molar refractivity (Wildman–Crippen MR) is 82.5 cm³/mol. The van der Waals surface area contributed by atoms with Gasteiger partial charge in [0, 0.05) is 18.7 Å². The number of ether oxygens (including phenoxy) is 1. The molecule has 0 spiro atoms. The molecule has 0 saturated carbocycles. The summed E-state index contributed by atoms with van der Waals surface area (Å²) in [7, 11) is 0. The minimum absolute atomic E-state index is 0.277. The Morgan fingerprint density at radius 2 is 1.81 bits per heavy atom. The molecule has 1 aliphatic carbocycles. The van der Waals surface area contributed by atoms with E-state index in [1.165, 1.54) is 36.1 Å². The van der Waals surface area contributed by atoms with Gasteiger partial charge in [-0.25, -0.2) is 0 Å². The molecule has 0 aromatic heterocycles. The SMILES string of the molecule is O=C1CCC2=C(CCCC2)N1CCOCc1ccccc1. The molecular weight excluding hydrogens is 262 g/mol. The first-order valence-corrected chi connectivity index (χ1v) is 7.97. The molecule has 1 amide bonds. The van der Waals surface area contributed by atoms with Crippen LogP contribution in [0.4, 0.5) is 0 Å². The minimum Gasteiger partial charge on any atom is -0.375 e. The van der Waals surface area contributed by atoms with Crippen LogP contribution in [0.15, 0.2) is 41.6 Å². The van der Waals surface area contributed by atoms with Crippen LogP contribution in [0, 0.1) is 0 Å². The van der Waals surface area contributed by atoms with Gasteiger partial charge in [-0.1, -0.05) is 35.9 Å². The van der Waals surface area contributed by atoms with E-state index in [2.05, 4.69) is 12.1 Å². The molecule has 0 saturated heterocycles. The van der Waals surface area contributed by atoms with Crippen LogP contribution in [-0.2, 0) is 16.1 Å². The summed E-state index contributed by atoms with van der Waals surface area (Å²) in [6, 6.07) is 10.2. The molecule has 0 fully saturated rings. The summed E-state index contributed by atoms with van der Waals surface area (Å²) >= 11 is 0. The van der Waals surface area contributed by atoms with E-state index in [1.54, 1.807) is 0 Å². The number of benzene rings is 1. The van der Waals surface area contributed by atoms with Crippen molar-refractivity contribution in [1.82, 2.24) is 4.90 Å². The zero-order valence-corrected chi connectivity index (χ0v) is 12.5. The summed E-state index contributed by atoms with van der Waals surface area (Å²) in [5.41, 5.74) is 4.00. The normalized spacial score (nSPS) is 18.9. The molecule has 0 radical (unpaired) electrons. The molecule has 0 atom stereocenters. The Labute approximate surface area is 126 Å². The van der Waals surface area contributed by atoms with Gasteiger partial charge in [-0.3, -0.25) is 4.79 Å². The fourth-order valence-electron chi connectivity index (χ4n) is 3.27. The lowest BCUT2D eigenvalue weighted by Crippen LogP contribution is -2.37. The van der Waals surface area contributed by atoms with Crippen molar-refractivity contribution in [2.45, 2.75) is 45.1 Å². The fraction of sp³-hybridized carbons (Fsp3) is 0.500. The standard InChI is InChI=1S/C18H23NO2/c20-18-11-10-16-8-4-5-9-17(16)19(18)12-13-21-14-15-6-2-1-3-7-15/h1-3,6-7H,4-5,8-14H2. The number of hydrogen-bond acceptors (Lipinski definition) is 2. The summed E-state index contributed by atoms with van der Waals surface area (Å²) in [5, 5.41) is 0. The van der Waals surface area contributed by atoms with Gasteiger partial charge in [0.05, 0.1) is 13.2 Å². The molecule has 0 N–H and O–H groups in total. The highest BCUT2D eigenvalue weighted by Crippen LogP contribution is 2.34. The third kappa shape index (κ3) is 3.53. The zero-order chi connectivity index (χ0) is 14.5. The molecule has 1 heterocycles. The predicted octanol–water partition coefficient (Wildman–Crippen LogP) is 3.65. The third-order valence-electron chi connectivity index (χ3n) is 4.39. The van der Waals surface area contributed by atoms with Crippen LogP contribution < -0.4 is 0 Å². The van der Waals surface area contributed by atoms with Crippen molar-refractivity contribution in [1.29, 1.82) is 0 Å². The molecule has 21 heavy (non-hydrogen) atoms. The van der Waals surface area contributed by atoms with Gasteiger partial charge in [0.1, 0.15) is 0 Å². The van der Waals surface area contributed by atoms with Gasteiger partial charge in [-0.05, 0) is 37.7 Å². The first-order valence-electron chi connectivity index (χ1n) is 7.97. The number of rotatable bonds is 5. The van der Waals surface area contributed by atoms with Crippen LogP contribution >= 0.6 is 0 Å². The summed E-state index contributed by atoms with van der Waals surface area (Å²) in [6.45, 7) is 1.93. The number of carbonyl (C=O) groups excluding carboxylic acids is 1. The van der Waals surface area contributed by atoms with Gasteiger partial charge in [0.25, 0.3) is 0 Å². The molecule has 0 unspecified atom stereocenters. The number of nitrogens with zero attached hydrogens (tertiary/aromatic N) is 1. The van der Waals surface area contributed by atoms with E-state index < -0.39 is 0 Å². The van der Waals surface area contributed by atoms with Crippen molar-refractivity contribution in [3.63, 3.8) is 0 Å². The second-order valence-corrected chi connectivity index (χ2v) is 5.84. The van der Waals surface area contributed by atoms with Crippen molar-refractivity contribution in [3.05, 3.63) is 47.2 Å². The van der Waals surface area contributed by atoms with Gasteiger partial charge < -0.3 is 9.64 Å². The van der Waals surface area contributed by atoms with Crippen LogP contribution in [0.5, 0.6) is 0 Å². The second-order valence-electron chi connectivity index (χ2n) is 5.84. The van der Waals surface area contributed by atoms with Gasteiger partial charge in [-0.15, -0.1) is 0 Å². The highest BCUT2D eigenvalue weighted by atomic mass is 16.5. The first kappa shape index (κ1) is 14.3. The van der Waals surface area contributed by atoms with E-state index in [1.807, 2.05) is 23.1 Å². The molecular formula is C18H23NO2. The second kappa shape index (κ2) is 6.90. The average Bonchev–Trinajstić information content (AvgIpc) is 2.54. The molecule has 112 valence electrons. The van der Waals surface area contributed by atoms with E-state index in [9.17, 15) is 4.79 Å². The third-order valence-corrected chi connectivity index (χ3v) is 4.39. The van der Waals surface area contributed by atoms with Crippen molar-refractivity contribution in [2.75, 3.05) is 13.2 Å². The van der Waals surface area contributed by atoms with Crippen molar-refractivity contribution >= 4 is 5.91 Å². The lowest BCUT2D eigenvalue weighted by molar-refractivity contribution is -0.131. The Balaban J connectivity index is 1.53. The minimum atomic E-state index is 0.277. The zero-order valence-electron chi connectivity index (χ0n) is 12.5. The Hall–Kier alpha value is -1.61. The summed E-state index contributed by atoms with van der Waals surface area (Å²) in [4.78, 5) is 14.1. The Bertz CT molecular complexity index is 521. The van der Waals surface area contributed by atoms with Crippen LogP contribution in [-0.4, -0.2) is 24.0 Å².